The van der Waals surface area contributed by atoms with Crippen molar-refractivity contribution in [3.8, 4) is 5.75 Å². The zero-order chi connectivity index (χ0) is 23.3. The Kier molecular flexibility index (Phi) is 5.52. The summed E-state index contributed by atoms with van der Waals surface area (Å²) in [7, 11) is 0. The number of carbonyl (C=O) groups excluding carboxylic acids is 2. The highest BCUT2D eigenvalue weighted by Gasteiger charge is 2.41. The Bertz CT molecular complexity index is 1150. The maximum absolute atomic E-state index is 14.1. The van der Waals surface area contributed by atoms with Crippen molar-refractivity contribution < 1.29 is 23.5 Å². The van der Waals surface area contributed by atoms with Crippen molar-refractivity contribution in [3.05, 3.63) is 62.6 Å². The summed E-state index contributed by atoms with van der Waals surface area (Å²) in [6, 6.07) is 2.06. The number of hydrogen-bond acceptors (Lipinski definition) is 4. The summed E-state index contributed by atoms with van der Waals surface area (Å²) in [4.78, 5) is 40.1. The Morgan fingerprint density at radius 1 is 1.19 bits per heavy atom. The standard InChI is InChI=1S/C23H25F2N3O4/c1-11-6-16(24)14(17(25)7-11)8-26-22(31)15-9-28-18-10-27(13(3)5-4-12(18)2)23(32)19(28)21(30)20(15)29/h6-7,9,12-13,18,30H,4-5,8,10H2,1-3H3,(H,26,31)/t12-,13+,18-/m0/s1. The molecule has 2 aromatic rings. The minimum atomic E-state index is -0.993. The van der Waals surface area contributed by atoms with E-state index in [9.17, 15) is 28.3 Å². The van der Waals surface area contributed by atoms with Gasteiger partial charge in [0.15, 0.2) is 11.4 Å². The van der Waals surface area contributed by atoms with Crippen molar-refractivity contribution in [2.75, 3.05) is 6.54 Å². The zero-order valence-electron chi connectivity index (χ0n) is 18.1. The first-order chi connectivity index (χ1) is 15.1. The third-order valence-electron chi connectivity index (χ3n) is 6.60. The van der Waals surface area contributed by atoms with E-state index in [0.29, 0.717) is 12.1 Å². The van der Waals surface area contributed by atoms with Crippen LogP contribution in [0.15, 0.2) is 23.1 Å². The third kappa shape index (κ3) is 3.55. The van der Waals surface area contributed by atoms with Crippen LogP contribution in [0, 0.1) is 24.5 Å². The first kappa shape index (κ1) is 22.0. The fourth-order valence-corrected chi connectivity index (χ4v) is 4.61. The molecule has 1 saturated heterocycles. The summed E-state index contributed by atoms with van der Waals surface area (Å²) in [6.07, 6.45) is 2.92. The molecule has 0 radical (unpaired) electrons. The van der Waals surface area contributed by atoms with Gasteiger partial charge in [-0.1, -0.05) is 6.92 Å². The minimum Gasteiger partial charge on any atom is -0.503 e. The van der Waals surface area contributed by atoms with Crippen molar-refractivity contribution in [3.63, 3.8) is 0 Å². The van der Waals surface area contributed by atoms with Gasteiger partial charge < -0.3 is 19.9 Å². The van der Waals surface area contributed by atoms with E-state index in [1.165, 1.54) is 10.8 Å². The van der Waals surface area contributed by atoms with Gasteiger partial charge >= 0.3 is 0 Å². The first-order valence-corrected chi connectivity index (χ1v) is 10.6. The average molecular weight is 445 g/mol. The number of nitrogens with one attached hydrogen (secondary N) is 1. The summed E-state index contributed by atoms with van der Waals surface area (Å²) in [6.45, 7) is 5.45. The van der Waals surface area contributed by atoms with Crippen LogP contribution in [0.3, 0.4) is 0 Å². The van der Waals surface area contributed by atoms with E-state index in [1.807, 2.05) is 13.8 Å². The maximum atomic E-state index is 14.1. The number of nitrogens with zero attached hydrogens (tertiary/aromatic N) is 2. The van der Waals surface area contributed by atoms with Gasteiger partial charge in [0.2, 0.25) is 5.43 Å². The number of carbonyl (C=O) groups is 2. The summed E-state index contributed by atoms with van der Waals surface area (Å²) in [5.74, 6) is -3.59. The Morgan fingerprint density at radius 2 is 1.84 bits per heavy atom. The second-order valence-corrected chi connectivity index (χ2v) is 8.79. The largest absolute Gasteiger partial charge is 0.503 e. The van der Waals surface area contributed by atoms with E-state index in [4.69, 9.17) is 0 Å². The number of aromatic hydroxyl groups is 1. The molecule has 2 aliphatic heterocycles. The number of amides is 2. The molecule has 2 bridgehead atoms. The second-order valence-electron chi connectivity index (χ2n) is 8.79. The number of rotatable bonds is 3. The molecular weight excluding hydrogens is 420 g/mol. The Morgan fingerprint density at radius 3 is 2.50 bits per heavy atom. The lowest BCUT2D eigenvalue weighted by Crippen LogP contribution is -2.48. The highest BCUT2D eigenvalue weighted by molar-refractivity contribution is 5.99. The topological polar surface area (TPSA) is 91.6 Å². The molecule has 0 saturated carbocycles. The molecule has 2 amide bonds. The van der Waals surface area contributed by atoms with Crippen LogP contribution in [0.5, 0.6) is 5.75 Å². The predicted octanol–water partition coefficient (Wildman–Crippen LogP) is 2.89. The zero-order valence-corrected chi connectivity index (χ0v) is 18.1. The number of aromatic nitrogens is 1. The molecule has 32 heavy (non-hydrogen) atoms. The van der Waals surface area contributed by atoms with Crippen molar-refractivity contribution in [2.45, 2.75) is 52.2 Å². The minimum absolute atomic E-state index is 0.0273. The van der Waals surface area contributed by atoms with Crippen LogP contribution >= 0.6 is 0 Å². The van der Waals surface area contributed by atoms with E-state index >= 15 is 0 Å². The molecule has 4 rings (SSSR count). The predicted molar refractivity (Wildman–Crippen MR) is 113 cm³/mol. The van der Waals surface area contributed by atoms with Crippen LogP contribution in [-0.4, -0.2) is 39.0 Å². The monoisotopic (exact) mass is 445 g/mol. The van der Waals surface area contributed by atoms with Gasteiger partial charge in [0, 0.05) is 30.9 Å². The van der Waals surface area contributed by atoms with Crippen molar-refractivity contribution in [2.24, 2.45) is 5.92 Å². The molecule has 1 fully saturated rings. The molecule has 1 aromatic carbocycles. The number of halogens is 2. The second kappa shape index (κ2) is 8.03. The fraction of sp³-hybridized carbons (Fsp3) is 0.435. The molecule has 0 spiro atoms. The van der Waals surface area contributed by atoms with Gasteiger partial charge in [-0.3, -0.25) is 14.4 Å². The van der Waals surface area contributed by atoms with E-state index in [1.54, 1.807) is 11.8 Å². The molecule has 2 aliphatic rings. The SMILES string of the molecule is Cc1cc(F)c(CNC(=O)c2cn3c(c(O)c2=O)C(=O)N2C[C@H]3[C@@H](C)CC[C@H]2C)c(F)c1. The molecule has 3 atom stereocenters. The van der Waals surface area contributed by atoms with Crippen LogP contribution in [0.25, 0.3) is 0 Å². The molecule has 9 heteroatoms. The van der Waals surface area contributed by atoms with Crippen LogP contribution < -0.4 is 10.7 Å². The Balaban J connectivity index is 1.70. The molecule has 1 aromatic heterocycles. The molecule has 2 N–H and O–H groups in total. The van der Waals surface area contributed by atoms with Gasteiger partial charge in [0.25, 0.3) is 11.8 Å². The lowest BCUT2D eigenvalue weighted by atomic mass is 9.95. The van der Waals surface area contributed by atoms with E-state index in [2.05, 4.69) is 5.32 Å². The molecule has 0 aliphatic carbocycles. The number of pyridine rings is 1. The molecule has 0 unspecified atom stereocenters. The first-order valence-electron chi connectivity index (χ1n) is 10.6. The van der Waals surface area contributed by atoms with Crippen LogP contribution in [-0.2, 0) is 6.54 Å². The smallest absolute Gasteiger partial charge is 0.274 e. The van der Waals surface area contributed by atoms with Gasteiger partial charge in [0.1, 0.15) is 17.2 Å². The van der Waals surface area contributed by atoms with E-state index < -0.39 is 41.2 Å². The lowest BCUT2D eigenvalue weighted by molar-refractivity contribution is 0.0591. The summed E-state index contributed by atoms with van der Waals surface area (Å²) in [5.41, 5.74) is -1.43. The fourth-order valence-electron chi connectivity index (χ4n) is 4.61. The average Bonchev–Trinajstić information content (AvgIpc) is 2.85. The molecular formula is C23H25F2N3O4. The number of hydrogen-bond donors (Lipinski definition) is 2. The number of fused-ring (bicyclic) bond motifs is 4. The van der Waals surface area contributed by atoms with Gasteiger partial charge in [-0.2, -0.15) is 0 Å². The molecule has 3 heterocycles. The Labute approximate surface area is 183 Å². The Hall–Kier alpha value is -3.23. The quantitative estimate of drug-likeness (QED) is 0.760. The summed E-state index contributed by atoms with van der Waals surface area (Å²) < 4.78 is 29.7. The third-order valence-corrected chi connectivity index (χ3v) is 6.60. The van der Waals surface area contributed by atoms with Crippen molar-refractivity contribution in [1.82, 2.24) is 14.8 Å². The van der Waals surface area contributed by atoms with Crippen LogP contribution in [0.2, 0.25) is 0 Å². The lowest BCUT2D eigenvalue weighted by Gasteiger charge is -2.38. The molecule has 170 valence electrons. The summed E-state index contributed by atoms with van der Waals surface area (Å²) >= 11 is 0. The number of aryl methyl sites for hydroxylation is 1. The molecule has 7 nitrogen and oxygen atoms in total. The van der Waals surface area contributed by atoms with Gasteiger partial charge in [-0.25, -0.2) is 8.78 Å². The van der Waals surface area contributed by atoms with Crippen molar-refractivity contribution in [1.29, 1.82) is 0 Å². The van der Waals surface area contributed by atoms with Gasteiger partial charge in [0.05, 0.1) is 6.04 Å². The summed E-state index contributed by atoms with van der Waals surface area (Å²) in [5, 5.41) is 12.9. The van der Waals surface area contributed by atoms with Crippen molar-refractivity contribution >= 4 is 11.8 Å². The maximum Gasteiger partial charge on any atom is 0.274 e. The van der Waals surface area contributed by atoms with Crippen LogP contribution in [0.1, 0.15) is 64.7 Å². The highest BCUT2D eigenvalue weighted by Crippen LogP contribution is 2.37. The van der Waals surface area contributed by atoms with Gasteiger partial charge in [-0.15, -0.1) is 0 Å². The van der Waals surface area contributed by atoms with Crippen LogP contribution in [0.4, 0.5) is 8.78 Å². The normalized spacial score (nSPS) is 22.3. The van der Waals surface area contributed by atoms with E-state index in [0.717, 1.165) is 25.0 Å². The number of benzene rings is 1. The highest BCUT2D eigenvalue weighted by atomic mass is 19.1. The van der Waals surface area contributed by atoms with E-state index in [-0.39, 0.29) is 34.8 Å². The van der Waals surface area contributed by atoms with Gasteiger partial charge in [-0.05, 0) is 50.3 Å².